The van der Waals surface area contributed by atoms with Crippen molar-refractivity contribution in [3.8, 4) is 0 Å². The number of methoxy groups -OCH3 is 1. The van der Waals surface area contributed by atoms with Crippen molar-refractivity contribution in [1.82, 2.24) is 0 Å². The Morgan fingerprint density at radius 1 is 1.40 bits per heavy atom. The lowest BCUT2D eigenvalue weighted by Crippen LogP contribution is -2.28. The number of halogens is 3. The first-order chi connectivity index (χ1) is 4.52. The minimum Gasteiger partial charge on any atom is -0.384 e. The molecule has 60 valence electrons. The lowest BCUT2D eigenvalue weighted by Gasteiger charge is -2.17. The van der Waals surface area contributed by atoms with Gasteiger partial charge in [-0.2, -0.15) is 13.2 Å². The largest absolute Gasteiger partial charge is 0.396 e. The lowest BCUT2D eigenvalue weighted by atomic mass is 10.1. The van der Waals surface area contributed by atoms with Gasteiger partial charge in [0.1, 0.15) is 0 Å². The van der Waals surface area contributed by atoms with E-state index in [2.05, 4.69) is 4.74 Å². The van der Waals surface area contributed by atoms with E-state index in [0.717, 1.165) is 0 Å². The molecule has 0 saturated heterocycles. The molecule has 0 heterocycles. The van der Waals surface area contributed by atoms with Crippen LogP contribution in [0.4, 0.5) is 13.2 Å². The van der Waals surface area contributed by atoms with Gasteiger partial charge in [0.15, 0.2) is 0 Å². The van der Waals surface area contributed by atoms with Crippen LogP contribution >= 0.6 is 0 Å². The summed E-state index contributed by atoms with van der Waals surface area (Å²) in [6, 6.07) is 0. The normalized spacial score (nSPS) is 22.8. The Balaban J connectivity index is 2.52. The van der Waals surface area contributed by atoms with E-state index in [1.807, 2.05) is 0 Å². The molecule has 4 heteroatoms. The molecule has 0 radical (unpaired) electrons. The molecule has 1 saturated carbocycles. The second-order valence-corrected chi connectivity index (χ2v) is 2.71. The van der Waals surface area contributed by atoms with Crippen LogP contribution in [0.3, 0.4) is 0 Å². The van der Waals surface area contributed by atoms with Gasteiger partial charge in [0.05, 0.1) is 12.0 Å². The zero-order valence-corrected chi connectivity index (χ0v) is 5.66. The zero-order valence-electron chi connectivity index (χ0n) is 5.66. The van der Waals surface area contributed by atoms with Crippen LogP contribution in [0.1, 0.15) is 12.8 Å². The van der Waals surface area contributed by atoms with Crippen molar-refractivity contribution >= 4 is 0 Å². The quantitative estimate of drug-likeness (QED) is 0.590. The summed E-state index contributed by atoms with van der Waals surface area (Å²) in [5, 5.41) is 0. The van der Waals surface area contributed by atoms with Crippen LogP contribution < -0.4 is 0 Å². The first-order valence-corrected chi connectivity index (χ1v) is 3.07. The van der Waals surface area contributed by atoms with E-state index in [-0.39, 0.29) is 19.4 Å². The SMILES string of the molecule is COCC1(C(F)(F)F)CC1. The third kappa shape index (κ3) is 1.12. The standard InChI is InChI=1S/C6H9F3O/c1-10-4-5(2-3-5)6(7,8)9/h2-4H2,1H3. The summed E-state index contributed by atoms with van der Waals surface area (Å²) in [7, 11) is 1.30. The van der Waals surface area contributed by atoms with Crippen molar-refractivity contribution in [3.63, 3.8) is 0 Å². The highest BCUT2D eigenvalue weighted by Crippen LogP contribution is 2.57. The average molecular weight is 154 g/mol. The predicted molar refractivity (Wildman–Crippen MR) is 29.6 cm³/mol. The van der Waals surface area contributed by atoms with E-state index < -0.39 is 11.6 Å². The van der Waals surface area contributed by atoms with Crippen molar-refractivity contribution in [2.45, 2.75) is 19.0 Å². The van der Waals surface area contributed by atoms with Gasteiger partial charge in [0.2, 0.25) is 0 Å². The molecule has 0 unspecified atom stereocenters. The van der Waals surface area contributed by atoms with Gasteiger partial charge in [-0.1, -0.05) is 0 Å². The Bertz CT molecular complexity index is 125. The van der Waals surface area contributed by atoms with Crippen molar-refractivity contribution in [1.29, 1.82) is 0 Å². The molecule has 1 fully saturated rings. The number of hydrogen-bond donors (Lipinski definition) is 0. The smallest absolute Gasteiger partial charge is 0.384 e. The van der Waals surface area contributed by atoms with E-state index in [4.69, 9.17) is 0 Å². The highest BCUT2D eigenvalue weighted by molar-refractivity contribution is 4.98. The molecule has 0 spiro atoms. The minimum absolute atomic E-state index is 0.184. The molecule has 1 aliphatic rings. The van der Waals surface area contributed by atoms with Gasteiger partial charge >= 0.3 is 6.18 Å². The Hall–Kier alpha value is -0.250. The summed E-state index contributed by atoms with van der Waals surface area (Å²) in [4.78, 5) is 0. The van der Waals surface area contributed by atoms with E-state index in [1.165, 1.54) is 7.11 Å². The number of rotatable bonds is 2. The molecule has 0 aliphatic heterocycles. The van der Waals surface area contributed by atoms with Gasteiger partial charge < -0.3 is 4.74 Å². The first-order valence-electron chi connectivity index (χ1n) is 3.07. The van der Waals surface area contributed by atoms with Gasteiger partial charge in [0.25, 0.3) is 0 Å². The van der Waals surface area contributed by atoms with E-state index in [9.17, 15) is 13.2 Å². The fraction of sp³-hybridized carbons (Fsp3) is 1.00. The molecular formula is C6H9F3O. The van der Waals surface area contributed by atoms with Crippen LogP contribution in [0.25, 0.3) is 0 Å². The number of alkyl halides is 3. The Morgan fingerprint density at radius 3 is 2.00 bits per heavy atom. The second kappa shape index (κ2) is 2.12. The van der Waals surface area contributed by atoms with E-state index in [1.54, 1.807) is 0 Å². The van der Waals surface area contributed by atoms with Crippen LogP contribution in [-0.2, 0) is 4.74 Å². The van der Waals surface area contributed by atoms with Crippen LogP contribution in [0.5, 0.6) is 0 Å². The Kier molecular flexibility index (Phi) is 1.66. The van der Waals surface area contributed by atoms with Crippen molar-refractivity contribution in [3.05, 3.63) is 0 Å². The summed E-state index contributed by atoms with van der Waals surface area (Å²) >= 11 is 0. The second-order valence-electron chi connectivity index (χ2n) is 2.71. The highest BCUT2D eigenvalue weighted by atomic mass is 19.4. The number of hydrogen-bond acceptors (Lipinski definition) is 1. The van der Waals surface area contributed by atoms with Crippen LogP contribution in [0.15, 0.2) is 0 Å². The minimum atomic E-state index is -4.07. The lowest BCUT2D eigenvalue weighted by molar-refractivity contribution is -0.199. The fourth-order valence-corrected chi connectivity index (χ4v) is 0.937. The number of ether oxygens (including phenoxy) is 1. The van der Waals surface area contributed by atoms with Gasteiger partial charge in [-0.05, 0) is 12.8 Å². The molecule has 0 amide bonds. The Labute approximate surface area is 57.2 Å². The van der Waals surface area contributed by atoms with Gasteiger partial charge in [0, 0.05) is 7.11 Å². The first kappa shape index (κ1) is 7.85. The van der Waals surface area contributed by atoms with Gasteiger partial charge in [-0.25, -0.2) is 0 Å². The molecule has 1 nitrogen and oxygen atoms in total. The van der Waals surface area contributed by atoms with Crippen LogP contribution in [0.2, 0.25) is 0 Å². The zero-order chi connectivity index (χ0) is 7.83. The summed E-state index contributed by atoms with van der Waals surface area (Å²) < 4.78 is 40.5. The molecule has 0 atom stereocenters. The maximum atomic E-state index is 12.0. The monoisotopic (exact) mass is 154 g/mol. The molecule has 1 aliphatic carbocycles. The molecule has 0 aromatic carbocycles. The molecule has 0 bridgehead atoms. The van der Waals surface area contributed by atoms with Gasteiger partial charge in [-0.3, -0.25) is 0 Å². The van der Waals surface area contributed by atoms with Crippen molar-refractivity contribution in [2.24, 2.45) is 5.41 Å². The molecule has 10 heavy (non-hydrogen) atoms. The van der Waals surface area contributed by atoms with E-state index >= 15 is 0 Å². The Morgan fingerprint density at radius 2 is 1.90 bits per heavy atom. The fourth-order valence-electron chi connectivity index (χ4n) is 0.937. The predicted octanol–water partition coefficient (Wildman–Crippen LogP) is 1.98. The van der Waals surface area contributed by atoms with Crippen molar-refractivity contribution in [2.75, 3.05) is 13.7 Å². The topological polar surface area (TPSA) is 9.23 Å². The summed E-state index contributed by atoms with van der Waals surface area (Å²) in [6.07, 6.45) is -3.61. The van der Waals surface area contributed by atoms with Crippen LogP contribution in [0, 0.1) is 5.41 Å². The maximum Gasteiger partial charge on any atom is 0.396 e. The molecular weight excluding hydrogens is 145 g/mol. The summed E-state index contributed by atoms with van der Waals surface area (Å²) in [5.41, 5.74) is -1.48. The summed E-state index contributed by atoms with van der Waals surface area (Å²) in [5.74, 6) is 0. The summed E-state index contributed by atoms with van der Waals surface area (Å²) in [6.45, 7) is -0.184. The third-order valence-electron chi connectivity index (χ3n) is 1.88. The highest BCUT2D eigenvalue weighted by Gasteiger charge is 2.63. The molecule has 0 N–H and O–H groups in total. The van der Waals surface area contributed by atoms with Gasteiger partial charge in [-0.15, -0.1) is 0 Å². The average Bonchev–Trinajstić information content (AvgIpc) is 2.45. The van der Waals surface area contributed by atoms with Crippen LogP contribution in [-0.4, -0.2) is 19.9 Å². The molecule has 1 rings (SSSR count). The maximum absolute atomic E-state index is 12.0. The van der Waals surface area contributed by atoms with E-state index in [0.29, 0.717) is 0 Å². The molecule has 0 aromatic rings. The third-order valence-corrected chi connectivity index (χ3v) is 1.88. The van der Waals surface area contributed by atoms with Crippen molar-refractivity contribution < 1.29 is 17.9 Å². The molecule has 0 aromatic heterocycles.